The van der Waals surface area contributed by atoms with E-state index in [0.717, 1.165) is 32.5 Å². The van der Waals surface area contributed by atoms with Gasteiger partial charge in [-0.2, -0.15) is 0 Å². The highest BCUT2D eigenvalue weighted by Gasteiger charge is 2.19. The third-order valence-corrected chi connectivity index (χ3v) is 5.20. The largest absolute Gasteiger partial charge is 0.350 e. The van der Waals surface area contributed by atoms with Gasteiger partial charge in [0.1, 0.15) is 0 Å². The SMILES string of the molecule is O=C(NCC1CCCCCCC1)c1cn(C2CCNCC2)nn1. The maximum Gasteiger partial charge on any atom is 0.273 e. The number of hydrogen-bond donors (Lipinski definition) is 2. The predicted octanol–water partition coefficient (Wildman–Crippen LogP) is 2.29. The third-order valence-electron chi connectivity index (χ3n) is 5.20. The summed E-state index contributed by atoms with van der Waals surface area (Å²) in [5.74, 6) is 0.547. The Labute approximate surface area is 138 Å². The Bertz CT molecular complexity index is 487. The minimum absolute atomic E-state index is 0.0766. The highest BCUT2D eigenvalue weighted by atomic mass is 16.2. The van der Waals surface area contributed by atoms with Crippen molar-refractivity contribution in [2.24, 2.45) is 5.92 Å². The lowest BCUT2D eigenvalue weighted by Gasteiger charge is -2.22. The molecule has 1 aromatic rings. The van der Waals surface area contributed by atoms with Crippen molar-refractivity contribution in [1.82, 2.24) is 25.6 Å². The summed E-state index contributed by atoms with van der Waals surface area (Å²) in [6.07, 6.45) is 13.0. The second kappa shape index (κ2) is 8.43. The standard InChI is InChI=1S/C17H29N5O/c23-17(19-12-14-6-4-2-1-3-5-7-14)16-13-22(21-20-16)15-8-10-18-11-9-15/h13-15,18H,1-12H2,(H,19,23). The van der Waals surface area contributed by atoms with Gasteiger partial charge in [0, 0.05) is 6.54 Å². The lowest BCUT2D eigenvalue weighted by molar-refractivity contribution is 0.0939. The van der Waals surface area contributed by atoms with Crippen molar-refractivity contribution in [3.63, 3.8) is 0 Å². The molecule has 1 saturated heterocycles. The molecule has 6 heteroatoms. The van der Waals surface area contributed by atoms with E-state index < -0.39 is 0 Å². The molecule has 6 nitrogen and oxygen atoms in total. The fourth-order valence-corrected chi connectivity index (χ4v) is 3.70. The van der Waals surface area contributed by atoms with Gasteiger partial charge in [-0.1, -0.05) is 37.3 Å². The third kappa shape index (κ3) is 4.77. The minimum atomic E-state index is -0.0766. The van der Waals surface area contributed by atoms with Crippen molar-refractivity contribution in [3.8, 4) is 0 Å². The molecule has 1 aliphatic carbocycles. The highest BCUT2D eigenvalue weighted by Crippen LogP contribution is 2.22. The fourth-order valence-electron chi connectivity index (χ4n) is 3.70. The van der Waals surface area contributed by atoms with Gasteiger partial charge in [0.15, 0.2) is 5.69 Å². The molecule has 0 spiro atoms. The van der Waals surface area contributed by atoms with Crippen molar-refractivity contribution >= 4 is 5.91 Å². The van der Waals surface area contributed by atoms with Crippen LogP contribution in [0.1, 0.15) is 74.3 Å². The summed E-state index contributed by atoms with van der Waals surface area (Å²) in [4.78, 5) is 12.3. The Kier molecular flexibility index (Phi) is 6.02. The molecule has 1 aromatic heterocycles. The van der Waals surface area contributed by atoms with Gasteiger partial charge in [-0.3, -0.25) is 4.79 Å². The van der Waals surface area contributed by atoms with Crippen LogP contribution in [-0.4, -0.2) is 40.5 Å². The van der Waals surface area contributed by atoms with Gasteiger partial charge in [0.25, 0.3) is 5.91 Å². The van der Waals surface area contributed by atoms with E-state index in [9.17, 15) is 4.79 Å². The molecule has 2 aliphatic rings. The molecule has 23 heavy (non-hydrogen) atoms. The molecule has 2 fully saturated rings. The number of piperidine rings is 1. The van der Waals surface area contributed by atoms with E-state index in [1.54, 1.807) is 0 Å². The molecule has 0 unspecified atom stereocenters. The molecule has 128 valence electrons. The predicted molar refractivity (Wildman–Crippen MR) is 89.3 cm³/mol. The van der Waals surface area contributed by atoms with Gasteiger partial charge in [-0.15, -0.1) is 5.10 Å². The zero-order valence-corrected chi connectivity index (χ0v) is 14.0. The summed E-state index contributed by atoms with van der Waals surface area (Å²) >= 11 is 0. The molecule has 1 amide bonds. The average molecular weight is 319 g/mol. The second-order valence-corrected chi connectivity index (χ2v) is 6.99. The first-order valence-corrected chi connectivity index (χ1v) is 9.23. The monoisotopic (exact) mass is 319 g/mol. The average Bonchev–Trinajstić information content (AvgIpc) is 3.04. The van der Waals surface area contributed by atoms with Crippen LogP contribution in [0.3, 0.4) is 0 Å². The normalized spacial score (nSPS) is 21.6. The van der Waals surface area contributed by atoms with Crippen LogP contribution in [0.15, 0.2) is 6.20 Å². The van der Waals surface area contributed by atoms with Gasteiger partial charge < -0.3 is 10.6 Å². The number of amides is 1. The van der Waals surface area contributed by atoms with E-state index in [0.29, 0.717) is 17.7 Å². The Morgan fingerprint density at radius 3 is 2.57 bits per heavy atom. The topological polar surface area (TPSA) is 71.8 Å². The van der Waals surface area contributed by atoms with Crippen LogP contribution in [0.4, 0.5) is 0 Å². The first-order chi connectivity index (χ1) is 11.3. The molecule has 1 saturated carbocycles. The van der Waals surface area contributed by atoms with Crippen molar-refractivity contribution < 1.29 is 4.79 Å². The quantitative estimate of drug-likeness (QED) is 0.893. The zero-order chi connectivity index (χ0) is 15.9. The van der Waals surface area contributed by atoms with E-state index >= 15 is 0 Å². The number of rotatable bonds is 4. The first kappa shape index (κ1) is 16.4. The molecular formula is C17H29N5O. The molecule has 0 atom stereocenters. The molecule has 3 rings (SSSR count). The minimum Gasteiger partial charge on any atom is -0.350 e. The Morgan fingerprint density at radius 1 is 1.13 bits per heavy atom. The molecular weight excluding hydrogens is 290 g/mol. The second-order valence-electron chi connectivity index (χ2n) is 6.99. The highest BCUT2D eigenvalue weighted by molar-refractivity contribution is 5.91. The summed E-state index contributed by atoms with van der Waals surface area (Å²) in [5.41, 5.74) is 0.453. The van der Waals surface area contributed by atoms with Crippen LogP contribution in [0.5, 0.6) is 0 Å². The molecule has 1 aliphatic heterocycles. The van der Waals surface area contributed by atoms with E-state index in [1.807, 2.05) is 10.9 Å². The van der Waals surface area contributed by atoms with E-state index in [1.165, 1.54) is 44.9 Å². The lowest BCUT2D eigenvalue weighted by atomic mass is 9.91. The molecule has 2 heterocycles. The van der Waals surface area contributed by atoms with Gasteiger partial charge >= 0.3 is 0 Å². The number of nitrogens with one attached hydrogen (secondary N) is 2. The first-order valence-electron chi connectivity index (χ1n) is 9.23. The van der Waals surface area contributed by atoms with Gasteiger partial charge in [0.05, 0.1) is 12.2 Å². The number of aromatic nitrogens is 3. The van der Waals surface area contributed by atoms with E-state index in [-0.39, 0.29) is 5.91 Å². The van der Waals surface area contributed by atoms with Gasteiger partial charge in [-0.25, -0.2) is 4.68 Å². The van der Waals surface area contributed by atoms with Crippen LogP contribution in [0.25, 0.3) is 0 Å². The molecule has 0 aromatic carbocycles. The van der Waals surface area contributed by atoms with Crippen molar-refractivity contribution in [1.29, 1.82) is 0 Å². The Morgan fingerprint density at radius 2 is 1.83 bits per heavy atom. The van der Waals surface area contributed by atoms with Gasteiger partial charge in [0.2, 0.25) is 0 Å². The summed E-state index contributed by atoms with van der Waals surface area (Å²) in [7, 11) is 0. The van der Waals surface area contributed by atoms with Gasteiger partial charge in [-0.05, 0) is 44.7 Å². The van der Waals surface area contributed by atoms with Crippen molar-refractivity contribution in [2.75, 3.05) is 19.6 Å². The summed E-state index contributed by atoms with van der Waals surface area (Å²) < 4.78 is 1.87. The number of nitrogens with zero attached hydrogens (tertiary/aromatic N) is 3. The number of carbonyl (C=O) groups is 1. The summed E-state index contributed by atoms with van der Waals surface area (Å²) in [6.45, 7) is 2.79. The number of hydrogen-bond acceptors (Lipinski definition) is 4. The zero-order valence-electron chi connectivity index (χ0n) is 14.0. The fraction of sp³-hybridized carbons (Fsp3) is 0.824. The van der Waals surface area contributed by atoms with E-state index in [4.69, 9.17) is 0 Å². The van der Waals surface area contributed by atoms with Crippen molar-refractivity contribution in [3.05, 3.63) is 11.9 Å². The summed E-state index contributed by atoms with van der Waals surface area (Å²) in [5, 5.41) is 14.6. The Hall–Kier alpha value is -1.43. The molecule has 0 bridgehead atoms. The van der Waals surface area contributed by atoms with Crippen LogP contribution in [-0.2, 0) is 0 Å². The summed E-state index contributed by atoms with van der Waals surface area (Å²) in [6, 6.07) is 0.371. The maximum absolute atomic E-state index is 12.3. The molecule has 0 radical (unpaired) electrons. The van der Waals surface area contributed by atoms with Crippen LogP contribution in [0.2, 0.25) is 0 Å². The van der Waals surface area contributed by atoms with Crippen LogP contribution < -0.4 is 10.6 Å². The van der Waals surface area contributed by atoms with Crippen LogP contribution >= 0.6 is 0 Å². The lowest BCUT2D eigenvalue weighted by Crippen LogP contribution is -2.30. The Balaban J connectivity index is 1.48. The maximum atomic E-state index is 12.3. The van der Waals surface area contributed by atoms with Crippen molar-refractivity contribution in [2.45, 2.75) is 63.8 Å². The van der Waals surface area contributed by atoms with E-state index in [2.05, 4.69) is 20.9 Å². The van der Waals surface area contributed by atoms with Crippen LogP contribution in [0, 0.1) is 5.92 Å². The number of carbonyl (C=O) groups excluding carboxylic acids is 1. The molecule has 2 N–H and O–H groups in total. The smallest absolute Gasteiger partial charge is 0.273 e.